The Balaban J connectivity index is 1.19. The van der Waals surface area contributed by atoms with Gasteiger partial charge in [-0.25, -0.2) is 8.51 Å². The van der Waals surface area contributed by atoms with Gasteiger partial charge in [0.15, 0.2) is 0 Å². The molecule has 0 spiro atoms. The second-order valence-corrected chi connectivity index (χ2v) is 12.4. The summed E-state index contributed by atoms with van der Waals surface area (Å²) in [5.41, 5.74) is 1.89. The highest BCUT2D eigenvalue weighted by molar-refractivity contribution is 7.82. The summed E-state index contributed by atoms with van der Waals surface area (Å²) in [6, 6.07) is 4.15. The molecule has 0 N–H and O–H groups in total. The fourth-order valence-electron chi connectivity index (χ4n) is 6.10. The summed E-state index contributed by atoms with van der Waals surface area (Å²) in [5, 5.41) is 0. The highest BCUT2D eigenvalue weighted by Crippen LogP contribution is 2.33. The van der Waals surface area contributed by atoms with Crippen LogP contribution in [-0.2, 0) is 20.5 Å². The van der Waals surface area contributed by atoms with E-state index in [1.54, 1.807) is 11.4 Å². The molecule has 3 aliphatic heterocycles. The minimum Gasteiger partial charge on any atom is -0.497 e. The summed E-state index contributed by atoms with van der Waals surface area (Å²) in [5.74, 6) is 2.26. The first kappa shape index (κ1) is 27.5. The number of methoxy groups -OCH3 is 1. The van der Waals surface area contributed by atoms with Crippen LogP contribution in [0, 0.1) is 25.7 Å². The molecule has 3 saturated heterocycles. The molecule has 3 heterocycles. The van der Waals surface area contributed by atoms with E-state index in [2.05, 4.69) is 21.7 Å². The number of likely N-dealkylation sites (tertiary alicyclic amines) is 3. The van der Waals surface area contributed by atoms with Crippen molar-refractivity contribution in [2.75, 3.05) is 80.2 Å². The van der Waals surface area contributed by atoms with Gasteiger partial charge in [0.05, 0.1) is 18.6 Å². The van der Waals surface area contributed by atoms with Gasteiger partial charge in [0, 0.05) is 45.8 Å². The van der Waals surface area contributed by atoms with Crippen LogP contribution in [0.25, 0.3) is 0 Å². The number of likely N-dealkylation sites (N-methyl/N-ethyl adjacent to an activating group) is 1. The number of nitrogens with zero attached hydrogens (tertiary/aromatic N) is 4. The zero-order valence-corrected chi connectivity index (χ0v) is 23.5. The van der Waals surface area contributed by atoms with Crippen molar-refractivity contribution in [1.29, 1.82) is 0 Å². The van der Waals surface area contributed by atoms with E-state index in [0.717, 1.165) is 53.7 Å². The molecule has 1 aromatic rings. The number of carbonyl (C=O) groups is 1. The predicted molar refractivity (Wildman–Crippen MR) is 143 cm³/mol. The van der Waals surface area contributed by atoms with E-state index in [-0.39, 0.29) is 12.5 Å². The molecule has 8 nitrogen and oxygen atoms in total. The number of fused-ring (bicyclic) bond motifs is 1. The summed E-state index contributed by atoms with van der Waals surface area (Å²) in [4.78, 5) is 20.9. The number of rotatable bonds is 10. The molecule has 202 valence electrons. The van der Waals surface area contributed by atoms with Crippen LogP contribution < -0.4 is 4.74 Å². The van der Waals surface area contributed by atoms with Gasteiger partial charge in [-0.1, -0.05) is 0 Å². The third kappa shape index (κ3) is 6.48. The van der Waals surface area contributed by atoms with Crippen LogP contribution in [0.3, 0.4) is 0 Å². The van der Waals surface area contributed by atoms with Crippen molar-refractivity contribution in [3.63, 3.8) is 0 Å². The Morgan fingerprint density at radius 2 is 1.81 bits per heavy atom. The van der Waals surface area contributed by atoms with Gasteiger partial charge in [0.25, 0.3) is 0 Å². The molecular weight excluding hydrogens is 476 g/mol. The van der Waals surface area contributed by atoms with Crippen molar-refractivity contribution in [2.24, 2.45) is 11.8 Å². The third-order valence-electron chi connectivity index (χ3n) is 8.20. The number of ether oxygens (including phenoxy) is 2. The smallest absolute Gasteiger partial charge is 0.248 e. The molecule has 9 heteroatoms. The lowest BCUT2D eigenvalue weighted by Crippen LogP contribution is -2.42. The molecule has 1 aromatic carbocycles. The van der Waals surface area contributed by atoms with E-state index in [1.165, 1.54) is 32.5 Å². The Hall–Kier alpha value is -1.52. The Morgan fingerprint density at radius 3 is 2.47 bits per heavy atom. The Bertz CT molecular complexity index is 913. The van der Waals surface area contributed by atoms with Gasteiger partial charge in [0.1, 0.15) is 23.3 Å². The third-order valence-corrected chi connectivity index (χ3v) is 9.94. The predicted octanol–water partition coefficient (Wildman–Crippen LogP) is 2.16. The lowest BCUT2D eigenvalue weighted by Gasteiger charge is -2.32. The number of hydrogen-bond acceptors (Lipinski definition) is 6. The van der Waals surface area contributed by atoms with Crippen molar-refractivity contribution in [3.8, 4) is 5.75 Å². The number of aryl methyl sites for hydroxylation is 2. The monoisotopic (exact) mass is 520 g/mol. The van der Waals surface area contributed by atoms with Crippen LogP contribution in [0.15, 0.2) is 17.0 Å². The second-order valence-electron chi connectivity index (χ2n) is 10.9. The van der Waals surface area contributed by atoms with Crippen LogP contribution in [-0.4, -0.2) is 115 Å². The van der Waals surface area contributed by atoms with Crippen LogP contribution in [0.2, 0.25) is 0 Å². The largest absolute Gasteiger partial charge is 0.497 e. The van der Waals surface area contributed by atoms with E-state index in [9.17, 15) is 9.00 Å². The van der Waals surface area contributed by atoms with Crippen LogP contribution in [0.5, 0.6) is 5.75 Å². The quantitative estimate of drug-likeness (QED) is 0.441. The number of piperidine rings is 1. The first-order valence-electron chi connectivity index (χ1n) is 13.3. The van der Waals surface area contributed by atoms with Crippen molar-refractivity contribution in [1.82, 2.24) is 19.0 Å². The Labute approximate surface area is 219 Å². The van der Waals surface area contributed by atoms with Crippen molar-refractivity contribution in [3.05, 3.63) is 23.3 Å². The van der Waals surface area contributed by atoms with Crippen molar-refractivity contribution >= 4 is 16.9 Å². The lowest BCUT2D eigenvalue weighted by atomic mass is 9.96. The molecular formula is C27H44N4O4S. The molecule has 3 atom stereocenters. The van der Waals surface area contributed by atoms with Crippen molar-refractivity contribution < 1.29 is 18.5 Å². The molecule has 36 heavy (non-hydrogen) atoms. The van der Waals surface area contributed by atoms with Gasteiger partial charge in [0.2, 0.25) is 5.91 Å². The number of carbonyl (C=O) groups excluding carboxylic acids is 1. The fraction of sp³-hybridized carbons (Fsp3) is 0.741. The minimum absolute atomic E-state index is 0.0919. The molecule has 3 aliphatic rings. The van der Waals surface area contributed by atoms with Gasteiger partial charge >= 0.3 is 0 Å². The van der Waals surface area contributed by atoms with E-state index in [1.807, 2.05) is 33.0 Å². The standard InChI is InChI=1S/C27H44N4O4S/c1-20-14-24(34-5)15-21(2)27(20)36(33)29(4)12-13-35-19-26(32)31-11-8-23-17-30(18-25(23)31)16-22-6-9-28(3)10-7-22/h14-15,22-23,25H,6-13,16-19H2,1-5H3/t23-,25+,36?/m0/s1. The summed E-state index contributed by atoms with van der Waals surface area (Å²) in [7, 11) is 4.38. The SMILES string of the molecule is COc1cc(C)c(S(=O)N(C)CCOCC(=O)N2CC[C@H]3CN(CC4CCN(C)CC4)C[C@H]32)c(C)c1. The zero-order chi connectivity index (χ0) is 25.8. The summed E-state index contributed by atoms with van der Waals surface area (Å²) < 4.78 is 25.9. The first-order valence-corrected chi connectivity index (χ1v) is 14.4. The van der Waals surface area contributed by atoms with Crippen LogP contribution in [0.4, 0.5) is 0 Å². The Kier molecular flexibility index (Phi) is 9.44. The summed E-state index contributed by atoms with van der Waals surface area (Å²) in [6.07, 6.45) is 3.67. The zero-order valence-electron chi connectivity index (χ0n) is 22.7. The molecule has 0 saturated carbocycles. The number of benzene rings is 1. The van der Waals surface area contributed by atoms with Gasteiger partial charge < -0.3 is 24.2 Å². The highest BCUT2D eigenvalue weighted by atomic mass is 32.2. The average molecular weight is 521 g/mol. The van der Waals surface area contributed by atoms with E-state index < -0.39 is 11.0 Å². The molecule has 0 aromatic heterocycles. The van der Waals surface area contributed by atoms with Gasteiger partial charge in [-0.2, -0.15) is 0 Å². The van der Waals surface area contributed by atoms with Crippen LogP contribution >= 0.6 is 0 Å². The molecule has 0 radical (unpaired) electrons. The van der Waals surface area contributed by atoms with E-state index in [4.69, 9.17) is 9.47 Å². The highest BCUT2D eigenvalue weighted by Gasteiger charge is 2.43. The molecule has 0 bridgehead atoms. The van der Waals surface area contributed by atoms with Gasteiger partial charge in [-0.3, -0.25) is 4.79 Å². The molecule has 1 amide bonds. The number of hydrogen-bond donors (Lipinski definition) is 0. The average Bonchev–Trinajstić information content (AvgIpc) is 3.42. The second kappa shape index (κ2) is 12.3. The lowest BCUT2D eigenvalue weighted by molar-refractivity contribution is -0.137. The summed E-state index contributed by atoms with van der Waals surface area (Å²) in [6.45, 7) is 11.4. The summed E-state index contributed by atoms with van der Waals surface area (Å²) >= 11 is 0. The van der Waals surface area contributed by atoms with Gasteiger partial charge in [-0.05, 0) is 88.3 Å². The maximum Gasteiger partial charge on any atom is 0.248 e. The maximum absolute atomic E-state index is 13.1. The molecule has 1 unspecified atom stereocenters. The van der Waals surface area contributed by atoms with Gasteiger partial charge in [-0.15, -0.1) is 0 Å². The topological polar surface area (TPSA) is 65.6 Å². The fourth-order valence-corrected chi connectivity index (χ4v) is 7.32. The van der Waals surface area contributed by atoms with E-state index >= 15 is 0 Å². The number of amides is 1. The molecule has 4 rings (SSSR count). The minimum atomic E-state index is -1.30. The van der Waals surface area contributed by atoms with Crippen LogP contribution in [0.1, 0.15) is 30.4 Å². The maximum atomic E-state index is 13.1. The first-order chi connectivity index (χ1) is 17.3. The van der Waals surface area contributed by atoms with Crippen molar-refractivity contribution in [2.45, 2.75) is 44.0 Å². The molecule has 0 aliphatic carbocycles. The normalized spacial score (nSPS) is 24.4. The molecule has 3 fully saturated rings. The Morgan fingerprint density at radius 1 is 1.11 bits per heavy atom. The van der Waals surface area contributed by atoms with E-state index in [0.29, 0.717) is 25.1 Å².